The summed E-state index contributed by atoms with van der Waals surface area (Å²) in [4.78, 5) is 14.8. The number of fused-ring (bicyclic) bond motifs is 2. The summed E-state index contributed by atoms with van der Waals surface area (Å²) in [5.41, 5.74) is 1.41. The average Bonchev–Trinajstić information content (AvgIpc) is 2.69. The molecule has 0 spiro atoms. The van der Waals surface area contributed by atoms with Gasteiger partial charge in [-0.1, -0.05) is 30.3 Å². The van der Waals surface area contributed by atoms with Gasteiger partial charge in [-0.15, -0.1) is 0 Å². The summed E-state index contributed by atoms with van der Waals surface area (Å²) in [5, 5.41) is 6.47. The Kier molecular flexibility index (Phi) is 3.89. The molecule has 3 fully saturated rings. The fraction of sp³-hybridized carbons (Fsp3) is 0.611. The predicted molar refractivity (Wildman–Crippen MR) is 86.3 cm³/mol. The van der Waals surface area contributed by atoms with E-state index in [-0.39, 0.29) is 11.8 Å². The van der Waals surface area contributed by atoms with Gasteiger partial charge >= 0.3 is 0 Å². The van der Waals surface area contributed by atoms with Gasteiger partial charge in [0.1, 0.15) is 0 Å². The molecule has 4 nitrogen and oxygen atoms in total. The van der Waals surface area contributed by atoms with Crippen LogP contribution in [0.2, 0.25) is 0 Å². The highest BCUT2D eigenvalue weighted by Gasteiger charge is 2.41. The van der Waals surface area contributed by atoms with E-state index in [1.54, 1.807) is 0 Å². The van der Waals surface area contributed by atoms with Crippen LogP contribution in [0.3, 0.4) is 0 Å². The van der Waals surface area contributed by atoms with Crippen LogP contribution < -0.4 is 10.6 Å². The van der Waals surface area contributed by atoms with E-state index in [9.17, 15) is 4.79 Å². The van der Waals surface area contributed by atoms with Gasteiger partial charge in [-0.05, 0) is 31.2 Å². The molecule has 0 saturated carbocycles. The summed E-state index contributed by atoms with van der Waals surface area (Å²) in [6.07, 6.45) is 4.81. The lowest BCUT2D eigenvalue weighted by molar-refractivity contribution is -0.127. The number of carbonyl (C=O) groups excluding carboxylic acids is 1. The molecule has 2 N–H and O–H groups in total. The molecule has 0 aliphatic carbocycles. The molecule has 3 saturated heterocycles. The van der Waals surface area contributed by atoms with Gasteiger partial charge in [-0.3, -0.25) is 9.69 Å². The van der Waals surface area contributed by atoms with Crippen LogP contribution in [0.5, 0.6) is 0 Å². The van der Waals surface area contributed by atoms with Crippen LogP contribution in [-0.4, -0.2) is 42.0 Å². The van der Waals surface area contributed by atoms with Crippen molar-refractivity contribution in [2.45, 2.75) is 50.4 Å². The van der Waals surface area contributed by atoms with Crippen molar-refractivity contribution in [3.05, 3.63) is 35.9 Å². The Labute approximate surface area is 132 Å². The Balaban J connectivity index is 1.36. The molecule has 2 atom stereocenters. The molecule has 4 rings (SSSR count). The Morgan fingerprint density at radius 3 is 2.41 bits per heavy atom. The first kappa shape index (κ1) is 14.2. The molecule has 118 valence electrons. The summed E-state index contributed by atoms with van der Waals surface area (Å²) in [6, 6.07) is 12.4. The third-order valence-corrected chi connectivity index (χ3v) is 5.59. The molecule has 3 aliphatic heterocycles. The third kappa shape index (κ3) is 2.77. The van der Waals surface area contributed by atoms with Gasteiger partial charge in [0.05, 0.1) is 5.92 Å². The third-order valence-electron chi connectivity index (χ3n) is 5.59. The Morgan fingerprint density at radius 2 is 1.82 bits per heavy atom. The number of piperidine rings is 1. The van der Waals surface area contributed by atoms with Gasteiger partial charge in [0.15, 0.2) is 0 Å². The number of hydrogen-bond acceptors (Lipinski definition) is 3. The van der Waals surface area contributed by atoms with E-state index in [2.05, 4.69) is 45.9 Å². The van der Waals surface area contributed by atoms with Gasteiger partial charge in [-0.25, -0.2) is 0 Å². The molecule has 2 unspecified atom stereocenters. The Hall–Kier alpha value is -1.39. The molecular formula is C18H25N3O. The van der Waals surface area contributed by atoms with Crippen molar-refractivity contribution in [2.24, 2.45) is 5.92 Å². The maximum Gasteiger partial charge on any atom is 0.225 e. The summed E-state index contributed by atoms with van der Waals surface area (Å²) in [7, 11) is 0. The minimum atomic E-state index is 0.208. The number of amides is 1. The zero-order chi connectivity index (χ0) is 14.9. The predicted octanol–water partition coefficient (Wildman–Crippen LogP) is 1.52. The smallest absolute Gasteiger partial charge is 0.225 e. The maximum absolute atomic E-state index is 12.1. The van der Waals surface area contributed by atoms with Gasteiger partial charge in [0.25, 0.3) is 0 Å². The fourth-order valence-electron chi connectivity index (χ4n) is 4.24. The largest absolute Gasteiger partial charge is 0.353 e. The van der Waals surface area contributed by atoms with Crippen molar-refractivity contribution < 1.29 is 4.79 Å². The molecular weight excluding hydrogens is 274 g/mol. The van der Waals surface area contributed by atoms with Crippen molar-refractivity contribution >= 4 is 5.91 Å². The van der Waals surface area contributed by atoms with Crippen LogP contribution in [0, 0.1) is 5.92 Å². The molecule has 2 bridgehead atoms. The number of hydrogen-bond donors (Lipinski definition) is 2. The molecule has 3 heterocycles. The summed E-state index contributed by atoms with van der Waals surface area (Å²) < 4.78 is 0. The highest BCUT2D eigenvalue weighted by atomic mass is 16.2. The molecule has 3 aliphatic rings. The number of nitrogens with zero attached hydrogens (tertiary/aromatic N) is 1. The zero-order valence-corrected chi connectivity index (χ0v) is 13.0. The number of rotatable bonds is 4. The van der Waals surface area contributed by atoms with Gasteiger partial charge in [0, 0.05) is 37.8 Å². The van der Waals surface area contributed by atoms with Crippen LogP contribution >= 0.6 is 0 Å². The molecule has 1 aromatic carbocycles. The Morgan fingerprint density at radius 1 is 1.14 bits per heavy atom. The first-order valence-electron chi connectivity index (χ1n) is 8.60. The molecule has 0 radical (unpaired) electrons. The van der Waals surface area contributed by atoms with Crippen LogP contribution in [0.1, 0.15) is 31.2 Å². The second kappa shape index (κ2) is 6.01. The Bertz CT molecular complexity index is 514. The second-order valence-corrected chi connectivity index (χ2v) is 7.08. The van der Waals surface area contributed by atoms with Crippen LogP contribution in [0.15, 0.2) is 30.3 Å². The lowest BCUT2D eigenvalue weighted by Gasteiger charge is -2.40. The highest BCUT2D eigenvalue weighted by Crippen LogP contribution is 2.36. The van der Waals surface area contributed by atoms with Gasteiger partial charge < -0.3 is 10.6 Å². The number of benzene rings is 1. The minimum absolute atomic E-state index is 0.208. The standard InChI is InChI=1S/C18H25N3O/c22-18(14-10-19-11-14)20-15-8-16-6-7-17(9-15)21(16)12-13-4-2-1-3-5-13/h1-5,14-17,19H,6-12H2,(H,20,22). The lowest BCUT2D eigenvalue weighted by atomic mass is 9.95. The van der Waals surface area contributed by atoms with Gasteiger partial charge in [-0.2, -0.15) is 0 Å². The van der Waals surface area contributed by atoms with Crippen molar-refractivity contribution in [2.75, 3.05) is 13.1 Å². The van der Waals surface area contributed by atoms with E-state index in [4.69, 9.17) is 0 Å². The quantitative estimate of drug-likeness (QED) is 0.886. The van der Waals surface area contributed by atoms with Crippen molar-refractivity contribution in [3.63, 3.8) is 0 Å². The van der Waals surface area contributed by atoms with E-state index in [0.717, 1.165) is 32.5 Å². The molecule has 1 amide bonds. The summed E-state index contributed by atoms with van der Waals surface area (Å²) in [5.74, 6) is 0.472. The second-order valence-electron chi connectivity index (χ2n) is 7.08. The summed E-state index contributed by atoms with van der Waals surface area (Å²) >= 11 is 0. The van der Waals surface area contributed by atoms with Crippen molar-refractivity contribution in [1.29, 1.82) is 0 Å². The molecule has 1 aromatic rings. The first-order chi connectivity index (χ1) is 10.8. The maximum atomic E-state index is 12.1. The zero-order valence-electron chi connectivity index (χ0n) is 13.0. The fourth-order valence-corrected chi connectivity index (χ4v) is 4.24. The minimum Gasteiger partial charge on any atom is -0.353 e. The normalized spacial score (nSPS) is 31.7. The molecule has 0 aromatic heterocycles. The molecule has 22 heavy (non-hydrogen) atoms. The van der Waals surface area contributed by atoms with Crippen molar-refractivity contribution in [1.82, 2.24) is 15.5 Å². The van der Waals surface area contributed by atoms with Crippen LogP contribution in [0.25, 0.3) is 0 Å². The van der Waals surface area contributed by atoms with E-state index in [1.165, 1.54) is 18.4 Å². The summed E-state index contributed by atoms with van der Waals surface area (Å²) in [6.45, 7) is 2.76. The monoisotopic (exact) mass is 299 g/mol. The van der Waals surface area contributed by atoms with E-state index in [1.807, 2.05) is 0 Å². The lowest BCUT2D eigenvalue weighted by Crippen LogP contribution is -2.55. The van der Waals surface area contributed by atoms with Crippen LogP contribution in [-0.2, 0) is 11.3 Å². The first-order valence-corrected chi connectivity index (χ1v) is 8.60. The van der Waals surface area contributed by atoms with Crippen LogP contribution in [0.4, 0.5) is 0 Å². The van der Waals surface area contributed by atoms with E-state index < -0.39 is 0 Å². The topological polar surface area (TPSA) is 44.4 Å². The SMILES string of the molecule is O=C(NC1CC2CCC(C1)N2Cc1ccccc1)C1CNC1. The number of nitrogens with one attached hydrogen (secondary N) is 2. The highest BCUT2D eigenvalue weighted by molar-refractivity contribution is 5.80. The van der Waals surface area contributed by atoms with Gasteiger partial charge in [0.2, 0.25) is 5.91 Å². The van der Waals surface area contributed by atoms with E-state index >= 15 is 0 Å². The number of carbonyl (C=O) groups is 1. The average molecular weight is 299 g/mol. The van der Waals surface area contributed by atoms with Crippen molar-refractivity contribution in [3.8, 4) is 0 Å². The molecule has 4 heteroatoms. The van der Waals surface area contributed by atoms with E-state index in [0.29, 0.717) is 18.1 Å².